The summed E-state index contributed by atoms with van der Waals surface area (Å²) >= 11 is 3.32. The molecule has 2 amide bonds. The van der Waals surface area contributed by atoms with Gasteiger partial charge in [0.15, 0.2) is 11.5 Å². The lowest BCUT2D eigenvalue weighted by atomic mass is 10.2. The van der Waals surface area contributed by atoms with Crippen molar-refractivity contribution in [1.82, 2.24) is 10.7 Å². The van der Waals surface area contributed by atoms with Crippen LogP contribution in [-0.4, -0.2) is 44.3 Å². The Bertz CT molecular complexity index is 1260. The Kier molecular flexibility index (Phi) is 9.58. The van der Waals surface area contributed by atoms with E-state index in [2.05, 4.69) is 31.8 Å². The quantitative estimate of drug-likeness (QED) is 0.170. The van der Waals surface area contributed by atoms with E-state index in [9.17, 15) is 14.4 Å². The van der Waals surface area contributed by atoms with Crippen LogP contribution in [0.15, 0.2) is 76.3 Å². The fourth-order valence-electron chi connectivity index (χ4n) is 2.97. The molecule has 0 bridgehead atoms. The predicted octanol–water partition coefficient (Wildman–Crippen LogP) is 3.96. The van der Waals surface area contributed by atoms with Crippen molar-refractivity contribution in [2.24, 2.45) is 5.10 Å². The van der Waals surface area contributed by atoms with Crippen LogP contribution in [-0.2, 0) is 4.79 Å². The van der Waals surface area contributed by atoms with Gasteiger partial charge >= 0.3 is 5.97 Å². The monoisotopic (exact) mass is 553 g/mol. The van der Waals surface area contributed by atoms with E-state index < -0.39 is 17.8 Å². The number of nitrogens with zero attached hydrogens (tertiary/aromatic N) is 1. The van der Waals surface area contributed by atoms with Gasteiger partial charge in [-0.25, -0.2) is 10.2 Å². The second kappa shape index (κ2) is 13.1. The van der Waals surface area contributed by atoms with Crippen LogP contribution in [0.25, 0.3) is 0 Å². The molecule has 0 spiro atoms. The van der Waals surface area contributed by atoms with Crippen molar-refractivity contribution in [3.8, 4) is 17.2 Å². The minimum absolute atomic E-state index is 0.237. The largest absolute Gasteiger partial charge is 0.494 e. The number of hydrazone groups is 1. The first-order valence-electron chi connectivity index (χ1n) is 10.9. The molecule has 3 aromatic carbocycles. The number of halogens is 1. The number of hydrogen-bond donors (Lipinski definition) is 2. The Hall–Kier alpha value is -4.18. The Morgan fingerprint density at radius 1 is 0.972 bits per heavy atom. The Morgan fingerprint density at radius 2 is 1.75 bits per heavy atom. The van der Waals surface area contributed by atoms with Crippen LogP contribution in [0.1, 0.15) is 33.2 Å². The van der Waals surface area contributed by atoms with Crippen molar-refractivity contribution < 1.29 is 28.6 Å². The molecule has 10 heteroatoms. The van der Waals surface area contributed by atoms with Gasteiger partial charge in [-0.2, -0.15) is 5.10 Å². The number of carbonyl (C=O) groups excluding carboxylic acids is 3. The molecule has 0 radical (unpaired) electrons. The van der Waals surface area contributed by atoms with Gasteiger partial charge in [0.1, 0.15) is 5.75 Å². The van der Waals surface area contributed by atoms with E-state index in [1.165, 1.54) is 13.3 Å². The molecule has 36 heavy (non-hydrogen) atoms. The molecule has 0 unspecified atom stereocenters. The van der Waals surface area contributed by atoms with E-state index in [1.54, 1.807) is 66.7 Å². The number of nitrogens with one attached hydrogen (secondary N) is 2. The van der Waals surface area contributed by atoms with E-state index in [1.807, 2.05) is 6.92 Å². The summed E-state index contributed by atoms with van der Waals surface area (Å²) in [6.45, 7) is 2.15. The third-order valence-electron chi connectivity index (χ3n) is 4.69. The van der Waals surface area contributed by atoms with E-state index in [-0.39, 0.29) is 12.3 Å². The number of hydrogen-bond acceptors (Lipinski definition) is 7. The number of carbonyl (C=O) groups is 3. The highest BCUT2D eigenvalue weighted by Gasteiger charge is 2.13. The zero-order valence-electron chi connectivity index (χ0n) is 19.6. The van der Waals surface area contributed by atoms with Gasteiger partial charge in [-0.1, -0.05) is 22.0 Å². The van der Waals surface area contributed by atoms with Crippen LogP contribution in [0.4, 0.5) is 0 Å². The van der Waals surface area contributed by atoms with Crippen molar-refractivity contribution >= 4 is 39.9 Å². The van der Waals surface area contributed by atoms with Crippen LogP contribution in [0.3, 0.4) is 0 Å². The maximum Gasteiger partial charge on any atom is 0.343 e. The molecule has 9 nitrogen and oxygen atoms in total. The average Bonchev–Trinajstić information content (AvgIpc) is 2.88. The van der Waals surface area contributed by atoms with Gasteiger partial charge in [0.05, 0.1) is 32.0 Å². The number of amides is 2. The maximum atomic E-state index is 12.4. The molecule has 2 N–H and O–H groups in total. The van der Waals surface area contributed by atoms with E-state index >= 15 is 0 Å². The van der Waals surface area contributed by atoms with E-state index in [0.29, 0.717) is 34.8 Å². The molecule has 3 rings (SSSR count). The summed E-state index contributed by atoms with van der Waals surface area (Å²) in [6, 6.07) is 18.2. The highest BCUT2D eigenvalue weighted by Crippen LogP contribution is 2.28. The van der Waals surface area contributed by atoms with Crippen molar-refractivity contribution in [2.75, 3.05) is 20.3 Å². The van der Waals surface area contributed by atoms with Crippen LogP contribution >= 0.6 is 15.9 Å². The molecule has 3 aromatic rings. The Labute approximate surface area is 216 Å². The maximum absolute atomic E-state index is 12.4. The van der Waals surface area contributed by atoms with Gasteiger partial charge in [-0.3, -0.25) is 9.59 Å². The highest BCUT2D eigenvalue weighted by molar-refractivity contribution is 9.10. The first kappa shape index (κ1) is 26.4. The fourth-order valence-corrected chi connectivity index (χ4v) is 3.37. The molecule has 0 saturated carbocycles. The normalized spacial score (nSPS) is 10.5. The van der Waals surface area contributed by atoms with Gasteiger partial charge in [0.25, 0.3) is 11.8 Å². The highest BCUT2D eigenvalue weighted by atomic mass is 79.9. The first-order chi connectivity index (χ1) is 17.4. The molecule has 0 aromatic heterocycles. The van der Waals surface area contributed by atoms with Crippen LogP contribution in [0.2, 0.25) is 0 Å². The summed E-state index contributed by atoms with van der Waals surface area (Å²) in [4.78, 5) is 36.6. The smallest absolute Gasteiger partial charge is 0.343 e. The lowest BCUT2D eigenvalue weighted by Gasteiger charge is -2.10. The molecule has 0 aliphatic rings. The topological polar surface area (TPSA) is 115 Å². The Balaban J connectivity index is 1.51. The summed E-state index contributed by atoms with van der Waals surface area (Å²) in [5.41, 5.74) is 3.72. The van der Waals surface area contributed by atoms with E-state index in [4.69, 9.17) is 14.2 Å². The second-order valence-corrected chi connectivity index (χ2v) is 8.16. The average molecular weight is 554 g/mol. The molecule has 0 aliphatic carbocycles. The lowest BCUT2D eigenvalue weighted by Crippen LogP contribution is -2.34. The number of esters is 1. The van der Waals surface area contributed by atoms with Gasteiger partial charge in [0, 0.05) is 10.0 Å². The van der Waals surface area contributed by atoms with Gasteiger partial charge < -0.3 is 19.5 Å². The number of methoxy groups -OCH3 is 1. The molecule has 0 heterocycles. The molecule has 0 fully saturated rings. The first-order valence-corrected chi connectivity index (χ1v) is 11.7. The zero-order valence-corrected chi connectivity index (χ0v) is 21.2. The minimum atomic E-state index is -0.532. The molecular formula is C26H24BrN3O6. The standard InChI is InChI=1S/C26H24BrN3O6/c1-3-35-21-10-8-18(9-11-21)25(32)28-16-24(31)30-29-15-17-7-12-22(23(13-17)34-2)36-26(33)19-5-4-6-20(27)14-19/h4-15H,3,16H2,1-2H3,(H,28,32)(H,30,31)/b29-15-. The third-order valence-corrected chi connectivity index (χ3v) is 5.18. The van der Waals surface area contributed by atoms with Crippen LogP contribution < -0.4 is 25.0 Å². The van der Waals surface area contributed by atoms with Crippen molar-refractivity contribution in [2.45, 2.75) is 6.92 Å². The summed E-state index contributed by atoms with van der Waals surface area (Å²) < 4.78 is 16.8. The number of ether oxygens (including phenoxy) is 3. The predicted molar refractivity (Wildman–Crippen MR) is 138 cm³/mol. The molecular weight excluding hydrogens is 530 g/mol. The van der Waals surface area contributed by atoms with Crippen LogP contribution in [0, 0.1) is 0 Å². The van der Waals surface area contributed by atoms with E-state index in [0.717, 1.165) is 4.47 Å². The van der Waals surface area contributed by atoms with Crippen molar-refractivity contribution in [1.29, 1.82) is 0 Å². The summed E-state index contributed by atoms with van der Waals surface area (Å²) in [5.74, 6) is -0.215. The van der Waals surface area contributed by atoms with Gasteiger partial charge in [-0.05, 0) is 73.2 Å². The molecule has 0 atom stereocenters. The molecule has 0 saturated heterocycles. The molecule has 186 valence electrons. The second-order valence-electron chi connectivity index (χ2n) is 7.24. The zero-order chi connectivity index (χ0) is 25.9. The molecule has 0 aliphatic heterocycles. The minimum Gasteiger partial charge on any atom is -0.494 e. The van der Waals surface area contributed by atoms with Crippen molar-refractivity contribution in [3.63, 3.8) is 0 Å². The van der Waals surface area contributed by atoms with Crippen LogP contribution in [0.5, 0.6) is 17.2 Å². The van der Waals surface area contributed by atoms with Gasteiger partial charge in [0.2, 0.25) is 0 Å². The van der Waals surface area contributed by atoms with Gasteiger partial charge in [-0.15, -0.1) is 0 Å². The van der Waals surface area contributed by atoms with Crippen molar-refractivity contribution in [3.05, 3.63) is 87.9 Å². The SMILES string of the molecule is CCOc1ccc(C(=O)NCC(=O)N/N=C\c2ccc(OC(=O)c3cccc(Br)c3)c(OC)c2)cc1. The third kappa shape index (κ3) is 7.67. The summed E-state index contributed by atoms with van der Waals surface area (Å²) in [7, 11) is 1.45. The number of rotatable bonds is 10. The fraction of sp³-hybridized carbons (Fsp3) is 0.154. The number of benzene rings is 3. The Morgan fingerprint density at radius 3 is 2.44 bits per heavy atom. The lowest BCUT2D eigenvalue weighted by molar-refractivity contribution is -0.120. The summed E-state index contributed by atoms with van der Waals surface area (Å²) in [6.07, 6.45) is 1.40. The summed E-state index contributed by atoms with van der Waals surface area (Å²) in [5, 5.41) is 6.41.